The Balaban J connectivity index is 2.34. The second-order valence-electron chi connectivity index (χ2n) is 5.77. The van der Waals surface area contributed by atoms with Crippen LogP contribution in [0.3, 0.4) is 0 Å². The molecule has 2 aromatic rings. The monoisotopic (exact) mass is 366 g/mol. The highest BCUT2D eigenvalue weighted by Crippen LogP contribution is 2.25. The number of nitrogens with zero attached hydrogens (tertiary/aromatic N) is 1. The van der Waals surface area contributed by atoms with Gasteiger partial charge in [-0.1, -0.05) is 29.3 Å². The number of anilines is 1. The second kappa shape index (κ2) is 6.83. The van der Waals surface area contributed by atoms with Crippen molar-refractivity contribution in [2.45, 2.75) is 18.7 Å². The third-order valence-electron chi connectivity index (χ3n) is 3.48. The van der Waals surface area contributed by atoms with Crippen molar-refractivity contribution >= 4 is 33.2 Å². The van der Waals surface area contributed by atoms with Gasteiger partial charge in [0.2, 0.25) is 0 Å². The minimum Gasteiger partial charge on any atom is -0.345 e. The third kappa shape index (κ3) is 3.88. The van der Waals surface area contributed by atoms with E-state index in [-0.39, 0.29) is 15.8 Å². The largest absolute Gasteiger partial charge is 0.345 e. The molecule has 5 nitrogen and oxygen atoms in total. The van der Waals surface area contributed by atoms with Gasteiger partial charge in [-0.15, -0.1) is 0 Å². The van der Waals surface area contributed by atoms with Gasteiger partial charge in [0, 0.05) is 14.1 Å². The van der Waals surface area contributed by atoms with Crippen LogP contribution >= 0.6 is 11.6 Å². The lowest BCUT2D eigenvalue weighted by atomic mass is 10.2. The van der Waals surface area contributed by atoms with Crippen molar-refractivity contribution in [1.82, 2.24) is 4.90 Å². The maximum absolute atomic E-state index is 12.5. The zero-order chi connectivity index (χ0) is 18.1. The molecule has 0 aliphatic heterocycles. The number of halogens is 1. The van der Waals surface area contributed by atoms with E-state index in [1.54, 1.807) is 39.2 Å². The summed E-state index contributed by atoms with van der Waals surface area (Å²) in [6.45, 7) is 3.64. The lowest BCUT2D eigenvalue weighted by molar-refractivity contribution is 0.0828. The fraction of sp³-hybridized carbons (Fsp3) is 0.235. The number of sulfonamides is 1. The fourth-order valence-electron chi connectivity index (χ4n) is 2.30. The summed E-state index contributed by atoms with van der Waals surface area (Å²) in [5.41, 5.74) is 2.26. The Bertz CT molecular complexity index is 893. The van der Waals surface area contributed by atoms with Crippen LogP contribution in [0, 0.1) is 13.8 Å². The van der Waals surface area contributed by atoms with E-state index in [0.29, 0.717) is 16.8 Å². The van der Waals surface area contributed by atoms with Gasteiger partial charge < -0.3 is 4.90 Å². The van der Waals surface area contributed by atoms with Gasteiger partial charge >= 0.3 is 0 Å². The smallest absolute Gasteiger partial charge is 0.262 e. The van der Waals surface area contributed by atoms with Gasteiger partial charge in [-0.25, -0.2) is 8.42 Å². The first-order chi connectivity index (χ1) is 11.1. The summed E-state index contributed by atoms with van der Waals surface area (Å²) in [7, 11) is -0.490. The van der Waals surface area contributed by atoms with Crippen LogP contribution in [-0.4, -0.2) is 33.3 Å². The second-order valence-corrected chi connectivity index (χ2v) is 7.83. The van der Waals surface area contributed by atoms with Crippen molar-refractivity contribution in [2.75, 3.05) is 18.8 Å². The predicted molar refractivity (Wildman–Crippen MR) is 96.2 cm³/mol. The SMILES string of the molecule is Cc1ccc(S(=O)(=O)Nc2ccc(C(=O)N(C)C)c(Cl)c2)c(C)c1. The lowest BCUT2D eigenvalue weighted by Gasteiger charge is -2.14. The fourth-order valence-corrected chi connectivity index (χ4v) is 3.84. The molecule has 0 unspecified atom stereocenters. The van der Waals surface area contributed by atoms with Gasteiger partial charge in [0.05, 0.1) is 21.2 Å². The molecule has 0 saturated carbocycles. The van der Waals surface area contributed by atoms with Crippen LogP contribution < -0.4 is 4.72 Å². The van der Waals surface area contributed by atoms with Crippen molar-refractivity contribution in [3.8, 4) is 0 Å². The summed E-state index contributed by atoms with van der Waals surface area (Å²) in [5.74, 6) is -0.246. The molecule has 0 aliphatic carbocycles. The molecule has 0 aliphatic rings. The van der Waals surface area contributed by atoms with Crippen LogP contribution in [0.25, 0.3) is 0 Å². The number of carbonyl (C=O) groups excluding carboxylic acids is 1. The molecule has 24 heavy (non-hydrogen) atoms. The molecule has 0 bridgehead atoms. The summed E-state index contributed by atoms with van der Waals surface area (Å²) in [5, 5.41) is 0.189. The van der Waals surface area contributed by atoms with E-state index in [1.165, 1.54) is 23.1 Å². The molecule has 2 aromatic carbocycles. The Morgan fingerprint density at radius 3 is 2.29 bits per heavy atom. The highest BCUT2D eigenvalue weighted by atomic mass is 35.5. The minimum absolute atomic E-state index is 0.189. The minimum atomic E-state index is -3.73. The third-order valence-corrected chi connectivity index (χ3v) is 5.33. The Hall–Kier alpha value is -2.05. The number of hydrogen-bond acceptors (Lipinski definition) is 3. The van der Waals surface area contributed by atoms with Gasteiger partial charge in [0.1, 0.15) is 0 Å². The molecule has 0 saturated heterocycles. The van der Waals surface area contributed by atoms with Crippen molar-refractivity contribution in [2.24, 2.45) is 0 Å². The van der Waals surface area contributed by atoms with Crippen LogP contribution in [0.4, 0.5) is 5.69 Å². The normalized spacial score (nSPS) is 11.2. The van der Waals surface area contributed by atoms with Crippen molar-refractivity contribution in [1.29, 1.82) is 0 Å². The zero-order valence-electron chi connectivity index (χ0n) is 13.9. The molecular weight excluding hydrogens is 348 g/mol. The van der Waals surface area contributed by atoms with Crippen molar-refractivity contribution in [3.63, 3.8) is 0 Å². The van der Waals surface area contributed by atoms with Crippen LogP contribution in [0.1, 0.15) is 21.5 Å². The summed E-state index contributed by atoms with van der Waals surface area (Å²) in [6, 6.07) is 9.57. The van der Waals surface area contributed by atoms with Crippen LogP contribution in [0.2, 0.25) is 5.02 Å². The van der Waals surface area contributed by atoms with Crippen LogP contribution in [-0.2, 0) is 10.0 Å². The van der Waals surface area contributed by atoms with Gasteiger partial charge in [-0.2, -0.15) is 0 Å². The molecule has 7 heteroatoms. The standard InChI is InChI=1S/C17H19ClN2O3S/c1-11-5-8-16(12(2)9-11)24(22,23)19-13-6-7-14(15(18)10-13)17(21)20(3)4/h5-10,19H,1-4H3. The molecule has 0 fully saturated rings. The molecule has 2 rings (SSSR count). The van der Waals surface area contributed by atoms with Crippen LogP contribution in [0.5, 0.6) is 0 Å². The number of nitrogens with one attached hydrogen (secondary N) is 1. The summed E-state index contributed by atoms with van der Waals surface area (Å²) >= 11 is 6.11. The van der Waals surface area contributed by atoms with E-state index >= 15 is 0 Å². The Morgan fingerprint density at radius 2 is 1.75 bits per heavy atom. The van der Waals surface area contributed by atoms with Gasteiger partial charge in [-0.05, 0) is 43.7 Å². The summed E-state index contributed by atoms with van der Waals surface area (Å²) < 4.78 is 27.6. The number of amides is 1. The lowest BCUT2D eigenvalue weighted by Crippen LogP contribution is -2.22. The molecular formula is C17H19ClN2O3S. The molecule has 0 radical (unpaired) electrons. The van der Waals surface area contributed by atoms with Crippen molar-refractivity contribution in [3.05, 3.63) is 58.1 Å². The average molecular weight is 367 g/mol. The Morgan fingerprint density at radius 1 is 1.08 bits per heavy atom. The number of hydrogen-bond donors (Lipinski definition) is 1. The summed E-state index contributed by atoms with van der Waals surface area (Å²) in [4.78, 5) is 13.6. The Labute approximate surface area is 147 Å². The molecule has 0 spiro atoms. The first-order valence-electron chi connectivity index (χ1n) is 7.23. The molecule has 1 N–H and O–H groups in total. The number of carbonyl (C=O) groups is 1. The highest BCUT2D eigenvalue weighted by Gasteiger charge is 2.18. The molecule has 0 atom stereocenters. The molecule has 1 amide bonds. The van der Waals surface area contributed by atoms with Gasteiger partial charge in [0.25, 0.3) is 15.9 Å². The maximum atomic E-state index is 12.5. The molecule has 0 heterocycles. The quantitative estimate of drug-likeness (QED) is 0.901. The van der Waals surface area contributed by atoms with E-state index in [0.717, 1.165) is 5.56 Å². The topological polar surface area (TPSA) is 66.5 Å². The van der Waals surface area contributed by atoms with E-state index in [9.17, 15) is 13.2 Å². The first-order valence-corrected chi connectivity index (χ1v) is 9.09. The van der Waals surface area contributed by atoms with Crippen molar-refractivity contribution < 1.29 is 13.2 Å². The number of benzene rings is 2. The predicted octanol–water partition coefficient (Wildman–Crippen LogP) is 3.46. The average Bonchev–Trinajstić information content (AvgIpc) is 2.45. The zero-order valence-corrected chi connectivity index (χ0v) is 15.5. The Kier molecular flexibility index (Phi) is 5.20. The van der Waals surface area contributed by atoms with E-state index in [4.69, 9.17) is 11.6 Å². The summed E-state index contributed by atoms with van der Waals surface area (Å²) in [6.07, 6.45) is 0. The first kappa shape index (κ1) is 18.3. The number of aryl methyl sites for hydroxylation is 2. The molecule has 128 valence electrons. The van der Waals surface area contributed by atoms with Gasteiger partial charge in [-0.3, -0.25) is 9.52 Å². The van der Waals surface area contributed by atoms with Crippen LogP contribution in [0.15, 0.2) is 41.3 Å². The highest BCUT2D eigenvalue weighted by molar-refractivity contribution is 7.92. The maximum Gasteiger partial charge on any atom is 0.262 e. The molecule has 0 aromatic heterocycles. The van der Waals surface area contributed by atoms with E-state index in [2.05, 4.69) is 4.72 Å². The van der Waals surface area contributed by atoms with Gasteiger partial charge in [0.15, 0.2) is 0 Å². The van der Waals surface area contributed by atoms with E-state index < -0.39 is 10.0 Å². The number of rotatable bonds is 4. The van der Waals surface area contributed by atoms with E-state index in [1.807, 2.05) is 6.92 Å².